The third kappa shape index (κ3) is 23.7. The lowest BCUT2D eigenvalue weighted by atomic mass is 9.51. The minimum absolute atomic E-state index is 0.0343. The molecule has 114 heavy (non-hydrogen) atoms. The molecule has 4 aliphatic rings. The molecule has 2 fully saturated rings. The molecule has 2 aliphatic heterocycles. The van der Waals surface area contributed by atoms with E-state index in [0.29, 0.717) is 100 Å². The van der Waals surface area contributed by atoms with E-state index in [1.807, 2.05) is 45.7 Å². The van der Waals surface area contributed by atoms with Gasteiger partial charge in [-0.15, -0.1) is 0 Å². The molecule has 2 aliphatic carbocycles. The second kappa shape index (κ2) is 37.7. The third-order valence-corrected chi connectivity index (χ3v) is 23.7. The maximum absolute atomic E-state index is 14.5. The molecule has 10 rings (SSSR count). The number of nitrogens with zero attached hydrogens (tertiary/aromatic N) is 8. The molecule has 2 saturated carbocycles. The SMILES string of the molecule is Cc1c(-c2ccc(N3CCc4c(OCCN(CCS(=O)(=O)O)C(=O)OCc5ccc(CC(=O)[C@H](CCCNC(N)=O)NC(=O)[C@@H](NC(=O)CCCCCN6C(=O)C=CC6=O)C(C)C)cc5)ccc(C(=O)Nc5nc6ccccc6s5)c4C3)nc2C(=O)O)cnn1CC1(C)CC2(C)CC(C)CC(OCCN(C)CCS(=O)(=O)O)(C2)C1. The number of nitrogens with two attached hydrogens (primary N) is 1. The number of carboxylic acid groups (broad SMARTS) is 1. The fraction of sp³-hybridized carbons (Fsp3) is 0.519. The number of unbranched alkanes of at least 4 members (excludes halogenated alkanes) is 2. The summed E-state index contributed by atoms with van der Waals surface area (Å²) in [7, 11) is -6.91. The first-order valence-electron chi connectivity index (χ1n) is 38.3. The molecule has 6 atom stereocenters. The van der Waals surface area contributed by atoms with Gasteiger partial charge in [0.25, 0.3) is 38.0 Å². The van der Waals surface area contributed by atoms with Gasteiger partial charge in [0.05, 0.1) is 52.7 Å². The Morgan fingerprint density at radius 2 is 1.52 bits per heavy atom. The van der Waals surface area contributed by atoms with Crippen molar-refractivity contribution in [1.29, 1.82) is 0 Å². The average Bonchev–Trinajstić information content (AvgIpc) is 0.902. The van der Waals surface area contributed by atoms with Crippen LogP contribution in [0.1, 0.15) is 154 Å². The van der Waals surface area contributed by atoms with Gasteiger partial charge in [-0.3, -0.25) is 52.8 Å². The molecule has 2 bridgehead atoms. The molecular weight excluding hydrogens is 1530 g/mol. The van der Waals surface area contributed by atoms with Crippen molar-refractivity contribution < 1.29 is 88.4 Å². The highest BCUT2D eigenvalue weighted by Crippen LogP contribution is 2.60. The maximum Gasteiger partial charge on any atom is 0.410 e. The van der Waals surface area contributed by atoms with Gasteiger partial charge < -0.3 is 55.7 Å². The van der Waals surface area contributed by atoms with E-state index in [9.17, 15) is 74.2 Å². The van der Waals surface area contributed by atoms with Gasteiger partial charge in [-0.05, 0) is 154 Å². The smallest absolute Gasteiger partial charge is 0.410 e. The summed E-state index contributed by atoms with van der Waals surface area (Å²) in [6.07, 6.45) is 9.55. The van der Waals surface area contributed by atoms with E-state index in [2.05, 4.69) is 47.0 Å². The van der Waals surface area contributed by atoms with Crippen LogP contribution in [0.3, 0.4) is 0 Å². The molecule has 8 amide bonds. The number of aromatic nitrogens is 4. The molecule has 5 heterocycles. The number of carboxylic acids is 1. The van der Waals surface area contributed by atoms with E-state index in [4.69, 9.17) is 30.0 Å². The number of ketones is 1. The highest BCUT2D eigenvalue weighted by atomic mass is 32.2. The number of carbonyl (C=O) groups is 9. The van der Waals surface area contributed by atoms with Crippen molar-refractivity contribution in [3.05, 3.63) is 130 Å². The lowest BCUT2D eigenvalue weighted by molar-refractivity contribution is -0.179. The van der Waals surface area contributed by atoms with E-state index in [1.165, 1.54) is 23.5 Å². The van der Waals surface area contributed by atoms with Gasteiger partial charge in [0.2, 0.25) is 11.8 Å². The first-order valence-corrected chi connectivity index (χ1v) is 42.3. The number of carbonyl (C=O) groups excluding carboxylic acids is 8. The van der Waals surface area contributed by atoms with Crippen LogP contribution >= 0.6 is 11.3 Å². The normalized spacial score (nSPS) is 19.3. The number of nitrogens with one attached hydrogen (secondary N) is 4. The number of urea groups is 1. The first-order chi connectivity index (χ1) is 53.9. The minimum atomic E-state index is -4.59. The number of rotatable bonds is 40. The Kier molecular flexibility index (Phi) is 28.6. The number of anilines is 2. The molecule has 4 unspecified atom stereocenters. The van der Waals surface area contributed by atoms with Crippen LogP contribution in [-0.2, 0) is 86.2 Å². The molecule has 9 N–H and O–H groups in total. The zero-order valence-corrected chi connectivity index (χ0v) is 67.8. The van der Waals surface area contributed by atoms with E-state index >= 15 is 0 Å². The quantitative estimate of drug-likeness (QED) is 0.0102. The van der Waals surface area contributed by atoms with Gasteiger partial charge in [-0.2, -0.15) is 21.9 Å². The number of hydrogen-bond acceptors (Lipinski definition) is 22. The number of primary amides is 1. The highest BCUT2D eigenvalue weighted by Gasteiger charge is 2.56. The predicted octanol–water partition coefficient (Wildman–Crippen LogP) is 8.15. The number of Topliss-reactive ketones (excluding diaryl/α,β-unsaturated/α-hetero) is 1. The number of ether oxygens (including phenoxy) is 3. The zero-order valence-electron chi connectivity index (χ0n) is 65.3. The molecular formula is C79H103N13O19S3. The second-order valence-corrected chi connectivity index (χ2v) is 35.7. The van der Waals surface area contributed by atoms with Crippen molar-refractivity contribution in [2.24, 2.45) is 28.4 Å². The second-order valence-electron chi connectivity index (χ2n) is 31.5. The Morgan fingerprint density at radius 3 is 2.22 bits per heavy atom. The van der Waals surface area contributed by atoms with Crippen LogP contribution in [0.4, 0.5) is 20.5 Å². The van der Waals surface area contributed by atoms with Gasteiger partial charge in [0.1, 0.15) is 30.8 Å². The fourth-order valence-corrected chi connectivity index (χ4v) is 18.4. The summed E-state index contributed by atoms with van der Waals surface area (Å²) in [6, 6.07) is 17.8. The monoisotopic (exact) mass is 1630 g/mol. The Balaban J connectivity index is 0.794. The zero-order chi connectivity index (χ0) is 82.5. The summed E-state index contributed by atoms with van der Waals surface area (Å²) in [5.41, 5.74) is 9.12. The van der Waals surface area contributed by atoms with Crippen molar-refractivity contribution in [2.75, 3.05) is 87.8 Å². The summed E-state index contributed by atoms with van der Waals surface area (Å²) in [6.45, 7) is 13.2. The Bertz CT molecular complexity index is 4770. The number of aromatic carboxylic acids is 1. The van der Waals surface area contributed by atoms with Crippen LogP contribution < -0.4 is 36.6 Å². The van der Waals surface area contributed by atoms with Gasteiger partial charge in [0.15, 0.2) is 16.6 Å². The molecule has 6 aromatic rings. The van der Waals surface area contributed by atoms with Crippen molar-refractivity contribution in [3.63, 3.8) is 0 Å². The van der Waals surface area contributed by atoms with Crippen LogP contribution in [0.25, 0.3) is 21.3 Å². The van der Waals surface area contributed by atoms with Gasteiger partial charge in [-0.1, -0.05) is 88.8 Å². The van der Waals surface area contributed by atoms with E-state index in [0.717, 1.165) is 52.3 Å². The lowest BCUT2D eigenvalue weighted by Gasteiger charge is -2.58. The van der Waals surface area contributed by atoms with Crippen LogP contribution in [0.2, 0.25) is 0 Å². The molecule has 0 radical (unpaired) electrons. The molecule has 35 heteroatoms. The maximum atomic E-state index is 14.5. The number of fused-ring (bicyclic) bond motifs is 4. The summed E-state index contributed by atoms with van der Waals surface area (Å²) in [5, 5.41) is 27.1. The van der Waals surface area contributed by atoms with Crippen LogP contribution in [0.5, 0.6) is 5.75 Å². The molecule has 0 saturated heterocycles. The molecule has 3 aromatic carbocycles. The minimum Gasteiger partial charge on any atom is -0.491 e. The Hall–Kier alpha value is -9.78. The largest absolute Gasteiger partial charge is 0.491 e. The number of hydrogen-bond donors (Lipinski definition) is 8. The molecule has 616 valence electrons. The van der Waals surface area contributed by atoms with Crippen molar-refractivity contribution in [1.82, 2.24) is 50.4 Å². The van der Waals surface area contributed by atoms with E-state index < -0.39 is 86.0 Å². The number of likely N-dealkylation sites (N-methyl/N-ethyl adjacent to an activating group) is 1. The Labute approximate surface area is 667 Å². The van der Waals surface area contributed by atoms with Gasteiger partial charge in [-0.25, -0.2) is 24.4 Å². The highest BCUT2D eigenvalue weighted by molar-refractivity contribution is 7.86. The average molecular weight is 1630 g/mol. The molecule has 3 aromatic heterocycles. The number of para-hydroxylation sites is 1. The first kappa shape index (κ1) is 86.6. The fourth-order valence-electron chi connectivity index (χ4n) is 16.6. The van der Waals surface area contributed by atoms with Crippen LogP contribution in [0, 0.1) is 29.6 Å². The number of pyridine rings is 1. The van der Waals surface area contributed by atoms with Gasteiger partial charge >= 0.3 is 18.1 Å². The molecule has 0 spiro atoms. The summed E-state index contributed by atoms with van der Waals surface area (Å²) in [5.74, 6) is -4.43. The van der Waals surface area contributed by atoms with Crippen molar-refractivity contribution >= 4 is 106 Å². The van der Waals surface area contributed by atoms with Crippen LogP contribution in [0.15, 0.2) is 91.1 Å². The Morgan fingerprint density at radius 1 is 0.798 bits per heavy atom. The summed E-state index contributed by atoms with van der Waals surface area (Å²) in [4.78, 5) is 133. The summed E-state index contributed by atoms with van der Waals surface area (Å²) < 4.78 is 88.1. The topological polar surface area (TPSA) is 441 Å². The van der Waals surface area contributed by atoms with Crippen molar-refractivity contribution in [2.45, 2.75) is 162 Å². The van der Waals surface area contributed by atoms with Crippen LogP contribution in [-0.4, -0.2) is 214 Å². The van der Waals surface area contributed by atoms with Gasteiger partial charge in [0, 0.05) is 105 Å². The molecule has 32 nitrogen and oxygen atoms in total. The predicted molar refractivity (Wildman–Crippen MR) is 426 cm³/mol. The van der Waals surface area contributed by atoms with Crippen molar-refractivity contribution in [3.8, 4) is 16.9 Å². The van der Waals surface area contributed by atoms with E-state index in [1.54, 1.807) is 75.6 Å². The summed E-state index contributed by atoms with van der Waals surface area (Å²) >= 11 is 1.30. The lowest BCUT2D eigenvalue weighted by Crippen LogP contribution is -2.55. The third-order valence-electron chi connectivity index (χ3n) is 21.4. The standard InChI is InChI=1S/C79H103N13O19S3/c1-50(2)69(86-66(94)17-9-8-12-30-91-67(95)26-27-68(91)96)72(98)83-60(15-13-29-81-74(80)101)62(93)40-53-18-20-54(21-19-53)45-110-76(102)89(35-39-114(106,107)108)33-36-109-63-24-22-57(71(97)87-75-84-61-14-10-11-16-64(61)112-75)59-44-90(31-28-55(59)63)65-25-23-56(70(85-65)73(99)100)58-43-82-92(52(58)4)49-78(6)46-77(5)41-51(3)42-79(47-77,48-78)111-37-32-88(7)34-38-113(103,104)105/h10-11,14,16,18-27,43,50-51,60,69H,8-9,12-13,15,17,28-42,44-49H2,1-7H3,(H,83,98)(H,86,94)(H,99,100)(H3,80,81,101)(H,84,87,97)(H,103,104,105)(H,106,107,108)/t51?,60-,69-,77?,78?,79?/m0/s1. The number of benzene rings is 3. The number of thiazole rings is 1. The number of amides is 8. The number of imide groups is 1. The van der Waals surface area contributed by atoms with E-state index in [-0.39, 0.29) is 136 Å².